The average molecular weight is 1060 g/mol. The van der Waals surface area contributed by atoms with Crippen LogP contribution in [0, 0.1) is 25.7 Å². The van der Waals surface area contributed by atoms with Crippen molar-refractivity contribution < 1.29 is 42.8 Å². The molecule has 5 heterocycles. The van der Waals surface area contributed by atoms with Gasteiger partial charge in [-0.2, -0.15) is 23.1 Å². The third-order valence-electron chi connectivity index (χ3n) is 12.5. The van der Waals surface area contributed by atoms with Gasteiger partial charge in [-0.1, -0.05) is 91.3 Å². The van der Waals surface area contributed by atoms with Gasteiger partial charge in [0.1, 0.15) is 22.4 Å². The van der Waals surface area contributed by atoms with E-state index in [1.165, 1.54) is 27.8 Å². The first kappa shape index (κ1) is 59.7. The largest absolute Gasteiger partial charge is 0.475 e. The first-order chi connectivity index (χ1) is 36.1. The molecule has 0 aliphatic heterocycles. The zero-order valence-corrected chi connectivity index (χ0v) is 45.6. The summed E-state index contributed by atoms with van der Waals surface area (Å²) in [7, 11) is 0. The molecule has 1 aliphatic carbocycles. The van der Waals surface area contributed by atoms with Crippen molar-refractivity contribution in [3.63, 3.8) is 0 Å². The van der Waals surface area contributed by atoms with Gasteiger partial charge in [-0.3, -0.25) is 5.32 Å². The predicted octanol–water partition coefficient (Wildman–Crippen LogP) is 11.8. The third-order valence-corrected chi connectivity index (χ3v) is 13.5. The topological polar surface area (TPSA) is 229 Å². The number of hydrogen-bond donors (Lipinski definition) is 8. The molecule has 5 aromatic heterocycles. The van der Waals surface area contributed by atoms with Gasteiger partial charge in [-0.05, 0) is 107 Å². The summed E-state index contributed by atoms with van der Waals surface area (Å²) >= 11 is 1.38. The molecular formula is C55H75F3N10O6S. The van der Waals surface area contributed by atoms with E-state index in [0.29, 0.717) is 71.5 Å². The van der Waals surface area contributed by atoms with Gasteiger partial charge in [-0.15, -0.1) is 11.3 Å². The van der Waals surface area contributed by atoms with Crippen molar-refractivity contribution in [2.75, 3.05) is 47.6 Å². The summed E-state index contributed by atoms with van der Waals surface area (Å²) in [5.74, 6) is -1.74. The van der Waals surface area contributed by atoms with Crippen LogP contribution >= 0.6 is 11.3 Å². The maximum Gasteiger partial charge on any atom is 0.465 e. The molecule has 1 saturated carbocycles. The minimum Gasteiger partial charge on any atom is -0.475 e. The second-order valence-corrected chi connectivity index (χ2v) is 18.7. The minimum atomic E-state index is -5.36. The molecule has 7 aromatic rings. The van der Waals surface area contributed by atoms with E-state index in [2.05, 4.69) is 80.1 Å². The lowest BCUT2D eigenvalue weighted by atomic mass is 10.0. The second kappa shape index (κ2) is 28.1. The first-order valence-corrected chi connectivity index (χ1v) is 26.9. The van der Waals surface area contributed by atoms with Gasteiger partial charge < -0.3 is 45.5 Å². The molecule has 75 heavy (non-hydrogen) atoms. The van der Waals surface area contributed by atoms with Crippen LogP contribution in [-0.4, -0.2) is 94.8 Å². The predicted molar refractivity (Wildman–Crippen MR) is 294 cm³/mol. The number of alkyl halides is 3. The summed E-state index contributed by atoms with van der Waals surface area (Å²) < 4.78 is 51.8. The molecule has 0 saturated heterocycles. The fraction of sp³-hybridized carbons (Fsp3) is 0.491. The standard InChI is InChI=1S/C31H39N5O3.C20H24F3N5O3S.2C2H6/c1-5-20-8-10-21(11-9-20)17-32-31-33-19(4)27(29(36-31)34-25-13-12-22(14-25)18-37)26-16-23-15-24(6-2)35-30(38-7-3)28(23)39-26;1-3-12(10-29)8-9-24-16-15(17-26-13-6-4-5-7-14(13)32-17)11(2)25-18(27-16)28-20(30,31)19(21,22)23;2*1-2/h8-11,15-16,22,25,37H,5-7,12-14,17-18H2,1-4H3,(H2,32,33,34,36);4-7,12,29-31H,3,8-10H2,1-2H3,(H2,24,25,27,28);2*1-2H3/t22?,25-;;;/m0.../s1. The maximum atomic E-state index is 12.9. The molecule has 1 aliphatic rings. The molecule has 0 radical (unpaired) electrons. The molecule has 3 atom stereocenters. The SMILES string of the molecule is CC.CC.CCC(CO)CCNc1nc(NC(O)(O)C(F)(F)F)nc(C)c1-c1nc2ccccc2s1.CCOc1nc(CC)cc2cc(-c3c(C)nc(NCc4ccc(CC)cc4)nc3N[C@H]3CCC(CO)C3)oc12. The van der Waals surface area contributed by atoms with E-state index in [-0.39, 0.29) is 31.0 Å². The molecule has 2 aromatic carbocycles. The number of fused-ring (bicyclic) bond motifs is 2. The number of rotatable bonds is 20. The summed E-state index contributed by atoms with van der Waals surface area (Å²) in [6.07, 6.45) is 0.725. The van der Waals surface area contributed by atoms with Gasteiger partial charge in [-0.25, -0.2) is 19.9 Å². The van der Waals surface area contributed by atoms with Crippen molar-refractivity contribution in [1.82, 2.24) is 29.9 Å². The summed E-state index contributed by atoms with van der Waals surface area (Å²) in [5.41, 5.74) is 7.29. The molecule has 0 spiro atoms. The Morgan fingerprint density at radius 3 is 2.09 bits per heavy atom. The lowest BCUT2D eigenvalue weighted by molar-refractivity contribution is -0.334. The monoisotopic (exact) mass is 1060 g/mol. The van der Waals surface area contributed by atoms with Crippen LogP contribution in [0.3, 0.4) is 0 Å². The van der Waals surface area contributed by atoms with Gasteiger partial charge in [0.15, 0.2) is 5.58 Å². The van der Waals surface area contributed by atoms with E-state index in [0.717, 1.165) is 76.9 Å². The third kappa shape index (κ3) is 15.5. The normalized spacial score (nSPS) is 14.7. The number of furan rings is 1. The van der Waals surface area contributed by atoms with Gasteiger partial charge in [0, 0.05) is 43.4 Å². The van der Waals surface area contributed by atoms with Crippen LogP contribution in [0.4, 0.5) is 36.7 Å². The van der Waals surface area contributed by atoms with Crippen molar-refractivity contribution in [2.24, 2.45) is 11.8 Å². The Morgan fingerprint density at radius 1 is 0.787 bits per heavy atom. The van der Waals surface area contributed by atoms with Crippen LogP contribution in [0.15, 0.2) is 65.1 Å². The minimum absolute atomic E-state index is 0.0155. The Morgan fingerprint density at radius 2 is 1.47 bits per heavy atom. The number of pyridine rings is 1. The van der Waals surface area contributed by atoms with Crippen LogP contribution in [-0.2, 0) is 19.4 Å². The highest BCUT2D eigenvalue weighted by atomic mass is 32.1. The summed E-state index contributed by atoms with van der Waals surface area (Å²) in [4.78, 5) is 27.1. The lowest BCUT2D eigenvalue weighted by Crippen LogP contribution is -2.52. The highest BCUT2D eigenvalue weighted by Crippen LogP contribution is 2.40. The number of ether oxygens (including phenoxy) is 1. The number of benzene rings is 2. The molecule has 8 rings (SSSR count). The van der Waals surface area contributed by atoms with Gasteiger partial charge in [0.25, 0.3) is 5.88 Å². The van der Waals surface area contributed by atoms with E-state index >= 15 is 0 Å². The first-order valence-electron chi connectivity index (χ1n) is 26.1. The molecule has 20 heteroatoms. The number of aliphatic hydroxyl groups is 4. The van der Waals surface area contributed by atoms with Crippen molar-refractivity contribution in [1.29, 1.82) is 0 Å². The number of nitrogens with one attached hydrogen (secondary N) is 4. The molecule has 0 bridgehead atoms. The Bertz CT molecular complexity index is 2840. The molecule has 408 valence electrons. The van der Waals surface area contributed by atoms with Crippen LogP contribution in [0.5, 0.6) is 5.88 Å². The number of aliphatic hydroxyl groups excluding tert-OH is 2. The van der Waals surface area contributed by atoms with Crippen molar-refractivity contribution in [3.8, 4) is 27.8 Å². The van der Waals surface area contributed by atoms with Crippen molar-refractivity contribution >= 4 is 56.1 Å². The second-order valence-electron chi connectivity index (χ2n) is 17.6. The number of hydrogen-bond acceptors (Lipinski definition) is 17. The number of aromatic nitrogens is 6. The molecular weight excluding hydrogens is 986 g/mol. The summed E-state index contributed by atoms with van der Waals surface area (Å²) in [6.45, 7) is 21.5. The van der Waals surface area contributed by atoms with Gasteiger partial charge in [0.05, 0.1) is 39.3 Å². The molecule has 1 fully saturated rings. The smallest absolute Gasteiger partial charge is 0.465 e. The maximum absolute atomic E-state index is 12.9. The number of para-hydroxylation sites is 1. The molecule has 0 amide bonds. The molecule has 16 nitrogen and oxygen atoms in total. The van der Waals surface area contributed by atoms with Crippen LogP contribution in [0.25, 0.3) is 43.1 Å². The van der Waals surface area contributed by atoms with Crippen LogP contribution in [0.2, 0.25) is 0 Å². The van der Waals surface area contributed by atoms with Crippen LogP contribution in [0.1, 0.15) is 116 Å². The van der Waals surface area contributed by atoms with Crippen molar-refractivity contribution in [3.05, 3.63) is 88.9 Å². The fourth-order valence-electron chi connectivity index (χ4n) is 8.34. The van der Waals surface area contributed by atoms with Crippen molar-refractivity contribution in [2.45, 2.75) is 139 Å². The molecule has 2 unspecified atom stereocenters. The Kier molecular flexibility index (Phi) is 22.4. The zero-order chi connectivity index (χ0) is 54.9. The Labute approximate surface area is 442 Å². The number of halogens is 3. The number of nitrogens with zero attached hydrogens (tertiary/aromatic N) is 6. The van der Waals surface area contributed by atoms with E-state index in [1.54, 1.807) is 6.92 Å². The molecule has 8 N–H and O–H groups in total. The highest BCUT2D eigenvalue weighted by molar-refractivity contribution is 7.21. The zero-order valence-electron chi connectivity index (χ0n) is 44.8. The highest BCUT2D eigenvalue weighted by Gasteiger charge is 2.54. The van der Waals surface area contributed by atoms with Gasteiger partial charge >= 0.3 is 12.1 Å². The fourth-order valence-corrected chi connectivity index (χ4v) is 9.40. The Balaban J connectivity index is 0.000000265. The van der Waals surface area contributed by atoms with E-state index < -0.39 is 18.0 Å². The number of anilines is 4. The van der Waals surface area contributed by atoms with Crippen LogP contribution < -0.4 is 26.0 Å². The number of thiazole rings is 1. The lowest BCUT2D eigenvalue weighted by Gasteiger charge is -2.25. The average Bonchev–Trinajstić information content (AvgIpc) is 4.17. The number of aryl methyl sites for hydroxylation is 4. The van der Waals surface area contributed by atoms with Gasteiger partial charge in [0.2, 0.25) is 11.9 Å². The Hall–Kier alpha value is -6.19. The van der Waals surface area contributed by atoms with E-state index in [4.69, 9.17) is 19.1 Å². The van der Waals surface area contributed by atoms with E-state index in [1.807, 2.05) is 78.8 Å². The van der Waals surface area contributed by atoms with E-state index in [9.17, 15) is 33.6 Å². The quantitative estimate of drug-likeness (QED) is 0.0332. The summed E-state index contributed by atoms with van der Waals surface area (Å²) in [6, 6.07) is 20.4. The summed E-state index contributed by atoms with van der Waals surface area (Å²) in [5, 5.41) is 51.0.